The summed E-state index contributed by atoms with van der Waals surface area (Å²) in [4.78, 5) is 5.21. The van der Waals surface area contributed by atoms with Crippen molar-refractivity contribution in [2.45, 2.75) is 65.7 Å². The molecule has 0 spiro atoms. The number of hydrogen-bond donors (Lipinski definition) is 0. The molecule has 6 heteroatoms. The Morgan fingerprint density at radius 2 is 1.25 bits per heavy atom. The molecule has 0 radical (unpaired) electrons. The first-order valence-corrected chi connectivity index (χ1v) is 23.5. The number of benzene rings is 6. The fourth-order valence-electron chi connectivity index (χ4n) is 9.85. The zero-order chi connectivity index (χ0) is 43.7. The SMILES string of the molecule is Cc1c2ccc(c1C)CCc1ccc(c3cn(-c4cccc(Oc5ccc6c7cc(-c8ccccc8)ccc7n(-c7cc(C(C)(C)C)c(-c8ccccc8)cn7)c6c5)c4)[c](=[Pt])n13)CC2. The van der Waals surface area contributed by atoms with Crippen LogP contribution in [0.25, 0.3) is 61.1 Å². The number of aryl methyl sites for hydroxylation is 4. The molecule has 0 saturated heterocycles. The van der Waals surface area contributed by atoms with E-state index in [0.29, 0.717) is 0 Å². The van der Waals surface area contributed by atoms with Crippen LogP contribution >= 0.6 is 0 Å². The summed E-state index contributed by atoms with van der Waals surface area (Å²) in [7, 11) is 0. The molecular weight excluding hydrogens is 964 g/mol. The molecule has 6 aromatic carbocycles. The van der Waals surface area contributed by atoms with Crippen molar-refractivity contribution in [2.75, 3.05) is 0 Å². The molecule has 0 N–H and O–H groups in total. The van der Waals surface area contributed by atoms with Crippen LogP contribution in [0.2, 0.25) is 0 Å². The van der Waals surface area contributed by atoms with Crippen molar-refractivity contribution in [1.29, 1.82) is 0 Å². The molecule has 4 aromatic heterocycles. The van der Waals surface area contributed by atoms with E-state index >= 15 is 0 Å². The predicted octanol–water partition coefficient (Wildman–Crippen LogP) is 14.2. The second-order valence-electron chi connectivity index (χ2n) is 18.4. The van der Waals surface area contributed by atoms with E-state index in [1.54, 1.807) is 0 Å². The van der Waals surface area contributed by atoms with Crippen molar-refractivity contribution in [3.05, 3.63) is 207 Å². The van der Waals surface area contributed by atoms with Gasteiger partial charge in [-0.15, -0.1) is 0 Å². The Balaban J connectivity index is 1.00. The second kappa shape index (κ2) is 15.9. The molecule has 14 rings (SSSR count). The van der Waals surface area contributed by atoms with E-state index in [2.05, 4.69) is 232 Å². The average Bonchev–Trinajstić information content (AvgIpc) is 3.83. The van der Waals surface area contributed by atoms with Gasteiger partial charge in [0.05, 0.1) is 0 Å². The van der Waals surface area contributed by atoms with Gasteiger partial charge in [-0.25, -0.2) is 0 Å². The molecule has 0 atom stereocenters. The summed E-state index contributed by atoms with van der Waals surface area (Å²) in [5.41, 5.74) is 18.8. The third-order valence-electron chi connectivity index (χ3n) is 13.5. The van der Waals surface area contributed by atoms with Crippen molar-refractivity contribution in [3.8, 4) is 45.3 Å². The molecule has 6 heterocycles. The molecule has 318 valence electrons. The van der Waals surface area contributed by atoms with Crippen LogP contribution in [0.5, 0.6) is 11.5 Å². The van der Waals surface area contributed by atoms with Gasteiger partial charge in [-0.3, -0.25) is 0 Å². The molecule has 4 bridgehead atoms. The van der Waals surface area contributed by atoms with E-state index in [-0.39, 0.29) is 5.41 Å². The summed E-state index contributed by atoms with van der Waals surface area (Å²) >= 11 is 2.51. The van der Waals surface area contributed by atoms with Crippen LogP contribution in [0.3, 0.4) is 0 Å². The van der Waals surface area contributed by atoms with Crippen molar-refractivity contribution < 1.29 is 24.1 Å². The minimum atomic E-state index is -0.120. The van der Waals surface area contributed by atoms with Crippen LogP contribution < -0.4 is 4.74 Å². The molecule has 0 unspecified atom stereocenters. The Hall–Kier alpha value is -6.55. The van der Waals surface area contributed by atoms with E-state index in [1.807, 2.05) is 0 Å². The van der Waals surface area contributed by atoms with Crippen LogP contribution in [0.1, 0.15) is 59.8 Å². The zero-order valence-corrected chi connectivity index (χ0v) is 39.2. The maximum absolute atomic E-state index is 6.84. The second-order valence-corrected chi connectivity index (χ2v) is 19.4. The fraction of sp³-hybridized carbons (Fsp3) is 0.172. The molecule has 0 saturated carbocycles. The Kier molecular flexibility index (Phi) is 10.0. The number of aromatic nitrogens is 4. The summed E-state index contributed by atoms with van der Waals surface area (Å²) in [5, 5.41) is 2.32. The van der Waals surface area contributed by atoms with E-state index in [1.165, 1.54) is 66.7 Å². The number of fused-ring (bicyclic) bond motifs is 3. The standard InChI is InChI=1S/C58H50N4O.Pt/c1-38-39(2)41-20-19-40(38)21-22-44-24-27-46(26-23-41)61-37-60(36-56(44)61)47-17-12-18-48(32-47)63-49-28-29-50-51-31-45(42-13-8-6-9-14-42)25-30-54(51)62(55(50)33-49)57-34-53(58(3,4)5)52(35-59-57)43-15-10-7-11-16-43;/h6-20,24-25,27-36H,21-23,26H2,1-5H3;. The average molecular weight is 1010 g/mol. The Morgan fingerprint density at radius 1 is 0.562 bits per heavy atom. The van der Waals surface area contributed by atoms with Crippen molar-refractivity contribution in [1.82, 2.24) is 18.5 Å². The van der Waals surface area contributed by atoms with Crippen molar-refractivity contribution in [3.63, 3.8) is 0 Å². The number of pyridine rings is 2. The Labute approximate surface area is 385 Å². The van der Waals surface area contributed by atoms with Crippen LogP contribution in [0, 0.1) is 17.7 Å². The molecule has 0 amide bonds. The molecule has 5 nitrogen and oxygen atoms in total. The number of nitrogens with zero attached hydrogens (tertiary/aromatic N) is 4. The first-order chi connectivity index (χ1) is 31.1. The summed E-state index contributed by atoms with van der Waals surface area (Å²) in [6, 6.07) is 54.7. The van der Waals surface area contributed by atoms with Gasteiger partial charge in [0.1, 0.15) is 0 Å². The first-order valence-electron chi connectivity index (χ1n) is 22.4. The summed E-state index contributed by atoms with van der Waals surface area (Å²) in [6.07, 6.45) is 8.38. The van der Waals surface area contributed by atoms with Gasteiger partial charge in [-0.2, -0.15) is 0 Å². The fourth-order valence-corrected chi connectivity index (χ4v) is 10.9. The molecule has 64 heavy (non-hydrogen) atoms. The van der Waals surface area contributed by atoms with Crippen LogP contribution in [0.15, 0.2) is 164 Å². The van der Waals surface area contributed by atoms with Gasteiger partial charge >= 0.3 is 261 Å². The predicted molar refractivity (Wildman–Crippen MR) is 259 cm³/mol. The van der Waals surface area contributed by atoms with Gasteiger partial charge < -0.3 is 0 Å². The number of rotatable bonds is 6. The molecule has 2 aliphatic carbocycles. The third-order valence-corrected chi connectivity index (χ3v) is 14.5. The Bertz CT molecular complexity index is 3500. The molecule has 0 fully saturated rings. The van der Waals surface area contributed by atoms with Crippen molar-refractivity contribution >= 4 is 27.3 Å². The van der Waals surface area contributed by atoms with Gasteiger partial charge in [0.2, 0.25) is 0 Å². The van der Waals surface area contributed by atoms with Gasteiger partial charge in [0.25, 0.3) is 0 Å². The van der Waals surface area contributed by atoms with E-state index < -0.39 is 0 Å². The van der Waals surface area contributed by atoms with Gasteiger partial charge in [-0.05, 0) is 27.7 Å². The van der Waals surface area contributed by atoms with Gasteiger partial charge in [0, 0.05) is 11.8 Å². The molecule has 4 aliphatic rings. The Morgan fingerprint density at radius 3 is 2.00 bits per heavy atom. The zero-order valence-electron chi connectivity index (χ0n) is 36.9. The number of hydrogen-bond acceptors (Lipinski definition) is 2. The van der Waals surface area contributed by atoms with Gasteiger partial charge in [0.15, 0.2) is 0 Å². The maximum atomic E-state index is 6.84. The molecular formula is C58H50N4OPt. The van der Waals surface area contributed by atoms with Crippen LogP contribution in [0.4, 0.5) is 0 Å². The number of imidazole rings is 1. The van der Waals surface area contributed by atoms with E-state index in [4.69, 9.17) is 9.72 Å². The topological polar surface area (TPSA) is 36.4 Å². The number of ether oxygens (including phenoxy) is 1. The summed E-state index contributed by atoms with van der Waals surface area (Å²) in [6.45, 7) is 11.4. The van der Waals surface area contributed by atoms with E-state index in [0.717, 1.165) is 74.5 Å². The van der Waals surface area contributed by atoms with Crippen molar-refractivity contribution in [2.24, 2.45) is 0 Å². The quantitative estimate of drug-likeness (QED) is 0.166. The monoisotopic (exact) mass is 1010 g/mol. The van der Waals surface area contributed by atoms with E-state index in [9.17, 15) is 0 Å². The normalized spacial score (nSPS) is 12.9. The van der Waals surface area contributed by atoms with Crippen LogP contribution in [-0.2, 0) is 50.5 Å². The summed E-state index contributed by atoms with van der Waals surface area (Å²) in [5.74, 6) is 2.43. The summed E-state index contributed by atoms with van der Waals surface area (Å²) < 4.78 is 15.1. The molecule has 2 aliphatic heterocycles. The first kappa shape index (κ1) is 40.2. The van der Waals surface area contributed by atoms with Gasteiger partial charge in [-0.1, -0.05) is 87.5 Å². The third kappa shape index (κ3) is 7.07. The molecule has 10 aromatic rings. The van der Waals surface area contributed by atoms with Crippen LogP contribution in [-0.4, -0.2) is 18.5 Å². The minimum absolute atomic E-state index is 0.120.